The molecule has 2 rings (SSSR count). The van der Waals surface area contributed by atoms with Gasteiger partial charge in [0.1, 0.15) is 0 Å². The molecule has 0 atom stereocenters. The lowest BCUT2D eigenvalue weighted by atomic mass is 10.1. The maximum absolute atomic E-state index is 11.3. The van der Waals surface area contributed by atoms with Crippen molar-refractivity contribution in [2.75, 3.05) is 24.6 Å². The van der Waals surface area contributed by atoms with Crippen LogP contribution < -0.4 is 0 Å². The summed E-state index contributed by atoms with van der Waals surface area (Å²) in [6.45, 7) is 0.216. The minimum Gasteiger partial charge on any atom is -0.349 e. The number of aliphatic hydroxyl groups is 2. The molecule has 1 heterocycles. The molecule has 18 heavy (non-hydrogen) atoms. The minimum absolute atomic E-state index is 0.0552. The first kappa shape index (κ1) is 14.0. The average molecular weight is 336 g/mol. The summed E-state index contributed by atoms with van der Waals surface area (Å²) in [5.74, 6) is -2.27. The standard InChI is InChI=1S/C11H14BrNO4S/c12-10-4-2-1-3-9(10)11(14,15)13-5-7-18(16,17)8-6-13/h1-4,14-15H,5-8H2. The van der Waals surface area contributed by atoms with Crippen LogP contribution in [0.15, 0.2) is 28.7 Å². The van der Waals surface area contributed by atoms with Crippen molar-refractivity contribution >= 4 is 25.8 Å². The molecule has 1 fully saturated rings. The van der Waals surface area contributed by atoms with Crippen molar-refractivity contribution in [3.05, 3.63) is 34.3 Å². The van der Waals surface area contributed by atoms with Crippen molar-refractivity contribution in [3.8, 4) is 0 Å². The van der Waals surface area contributed by atoms with Crippen molar-refractivity contribution in [1.82, 2.24) is 4.90 Å². The zero-order valence-electron chi connectivity index (χ0n) is 9.58. The molecule has 2 N–H and O–H groups in total. The van der Waals surface area contributed by atoms with E-state index in [0.29, 0.717) is 10.0 Å². The van der Waals surface area contributed by atoms with Crippen LogP contribution in [0.3, 0.4) is 0 Å². The maximum atomic E-state index is 11.3. The van der Waals surface area contributed by atoms with Crippen LogP contribution in [0.25, 0.3) is 0 Å². The number of sulfone groups is 1. The van der Waals surface area contributed by atoms with E-state index in [9.17, 15) is 18.6 Å². The summed E-state index contributed by atoms with van der Waals surface area (Å²) in [6.07, 6.45) is 0. The van der Waals surface area contributed by atoms with Crippen LogP contribution in [0.5, 0.6) is 0 Å². The van der Waals surface area contributed by atoms with E-state index >= 15 is 0 Å². The first-order valence-corrected chi connectivity index (χ1v) is 8.09. The van der Waals surface area contributed by atoms with Gasteiger partial charge in [-0.15, -0.1) is 0 Å². The quantitative estimate of drug-likeness (QED) is 0.759. The second kappa shape index (κ2) is 4.90. The van der Waals surface area contributed by atoms with E-state index in [1.54, 1.807) is 24.3 Å². The van der Waals surface area contributed by atoms with Gasteiger partial charge in [-0.05, 0) is 6.07 Å². The van der Waals surface area contributed by atoms with Gasteiger partial charge in [0, 0.05) is 23.1 Å². The molecule has 0 amide bonds. The Bertz CT molecular complexity index is 530. The number of benzene rings is 1. The van der Waals surface area contributed by atoms with Crippen LogP contribution in [0.4, 0.5) is 0 Å². The van der Waals surface area contributed by atoms with Gasteiger partial charge in [-0.3, -0.25) is 0 Å². The van der Waals surface area contributed by atoms with Gasteiger partial charge in [-0.2, -0.15) is 0 Å². The Balaban J connectivity index is 2.25. The maximum Gasteiger partial charge on any atom is 0.254 e. The third-order valence-corrected chi connectivity index (χ3v) is 5.32. The fraction of sp³-hybridized carbons (Fsp3) is 0.455. The second-order valence-corrected chi connectivity index (χ2v) is 7.41. The van der Waals surface area contributed by atoms with Crippen LogP contribution in [0, 0.1) is 0 Å². The summed E-state index contributed by atoms with van der Waals surface area (Å²) >= 11 is 3.26. The molecule has 1 aliphatic heterocycles. The van der Waals surface area contributed by atoms with E-state index in [1.165, 1.54) is 4.90 Å². The third-order valence-electron chi connectivity index (χ3n) is 3.02. The summed E-state index contributed by atoms with van der Waals surface area (Å²) in [4.78, 5) is 1.36. The van der Waals surface area contributed by atoms with E-state index in [1.807, 2.05) is 0 Å². The van der Waals surface area contributed by atoms with Gasteiger partial charge >= 0.3 is 0 Å². The molecule has 0 aromatic heterocycles. The SMILES string of the molecule is O=S1(=O)CCN(C(O)(O)c2ccccc2Br)CC1. The number of nitrogens with zero attached hydrogens (tertiary/aromatic N) is 1. The van der Waals surface area contributed by atoms with E-state index in [2.05, 4.69) is 15.9 Å². The number of hydrogen-bond acceptors (Lipinski definition) is 5. The van der Waals surface area contributed by atoms with Gasteiger partial charge < -0.3 is 10.2 Å². The molecule has 100 valence electrons. The highest BCUT2D eigenvalue weighted by Crippen LogP contribution is 2.30. The van der Waals surface area contributed by atoms with Crippen LogP contribution >= 0.6 is 15.9 Å². The monoisotopic (exact) mass is 335 g/mol. The normalized spacial score (nSPS) is 20.8. The van der Waals surface area contributed by atoms with Gasteiger partial charge in [0.2, 0.25) is 0 Å². The van der Waals surface area contributed by atoms with Crippen molar-refractivity contribution < 1.29 is 18.6 Å². The van der Waals surface area contributed by atoms with Crippen LogP contribution in [0.2, 0.25) is 0 Å². The molecule has 1 aromatic carbocycles. The second-order valence-electron chi connectivity index (χ2n) is 4.25. The van der Waals surface area contributed by atoms with Crippen molar-refractivity contribution in [1.29, 1.82) is 0 Å². The molecule has 0 saturated carbocycles. The molecule has 1 saturated heterocycles. The lowest BCUT2D eigenvalue weighted by molar-refractivity contribution is -0.273. The average Bonchev–Trinajstić information content (AvgIpc) is 2.28. The molecule has 7 heteroatoms. The predicted octanol–water partition coefficient (Wildman–Crippen LogP) is 0.274. The van der Waals surface area contributed by atoms with Gasteiger partial charge in [0.15, 0.2) is 9.84 Å². The molecule has 0 unspecified atom stereocenters. The molecule has 5 nitrogen and oxygen atoms in total. The highest BCUT2D eigenvalue weighted by molar-refractivity contribution is 9.10. The Morgan fingerprint density at radius 3 is 2.28 bits per heavy atom. The predicted molar refractivity (Wildman–Crippen MR) is 70.5 cm³/mol. The highest BCUT2D eigenvalue weighted by atomic mass is 79.9. The summed E-state index contributed by atoms with van der Waals surface area (Å²) in [6, 6.07) is 6.76. The smallest absolute Gasteiger partial charge is 0.254 e. The minimum atomic E-state index is -3.04. The molecular weight excluding hydrogens is 322 g/mol. The zero-order chi connectivity index (χ0) is 13.4. The van der Waals surface area contributed by atoms with Gasteiger partial charge in [-0.25, -0.2) is 13.3 Å². The summed E-state index contributed by atoms with van der Waals surface area (Å²) in [7, 11) is -3.04. The van der Waals surface area contributed by atoms with Gasteiger partial charge in [0.25, 0.3) is 5.91 Å². The Morgan fingerprint density at radius 2 is 1.72 bits per heavy atom. The first-order valence-electron chi connectivity index (χ1n) is 5.48. The largest absolute Gasteiger partial charge is 0.349 e. The number of rotatable bonds is 2. The van der Waals surface area contributed by atoms with Crippen LogP contribution in [-0.2, 0) is 15.7 Å². The van der Waals surface area contributed by atoms with Gasteiger partial charge in [0.05, 0.1) is 11.5 Å². The molecule has 0 bridgehead atoms. The van der Waals surface area contributed by atoms with E-state index in [-0.39, 0.29) is 24.6 Å². The Labute approximate surface area is 114 Å². The molecular formula is C11H14BrNO4S. The molecule has 1 aromatic rings. The van der Waals surface area contributed by atoms with Crippen molar-refractivity contribution in [2.45, 2.75) is 5.91 Å². The summed E-state index contributed by atoms with van der Waals surface area (Å²) < 4.78 is 23.2. The van der Waals surface area contributed by atoms with Crippen LogP contribution in [0.1, 0.15) is 5.56 Å². The molecule has 0 aliphatic carbocycles. The molecule has 1 aliphatic rings. The topological polar surface area (TPSA) is 77.8 Å². The molecule has 0 radical (unpaired) electrons. The lowest BCUT2D eigenvalue weighted by Gasteiger charge is -2.37. The van der Waals surface area contributed by atoms with E-state index < -0.39 is 15.7 Å². The Hall–Kier alpha value is -0.470. The van der Waals surface area contributed by atoms with Gasteiger partial charge in [-0.1, -0.05) is 34.1 Å². The number of hydrogen-bond donors (Lipinski definition) is 2. The summed E-state index contributed by atoms with van der Waals surface area (Å²) in [5.41, 5.74) is 0.310. The van der Waals surface area contributed by atoms with Crippen LogP contribution in [-0.4, -0.2) is 48.1 Å². The molecule has 0 spiro atoms. The summed E-state index contributed by atoms with van der Waals surface area (Å²) in [5, 5.41) is 20.4. The van der Waals surface area contributed by atoms with Crippen molar-refractivity contribution in [3.63, 3.8) is 0 Å². The van der Waals surface area contributed by atoms with Crippen molar-refractivity contribution in [2.24, 2.45) is 0 Å². The zero-order valence-corrected chi connectivity index (χ0v) is 12.0. The highest BCUT2D eigenvalue weighted by Gasteiger charge is 2.38. The number of halogens is 1. The van der Waals surface area contributed by atoms with E-state index in [4.69, 9.17) is 0 Å². The third kappa shape index (κ3) is 2.75. The first-order chi connectivity index (χ1) is 8.33. The Kier molecular flexibility index (Phi) is 3.80. The fourth-order valence-electron chi connectivity index (χ4n) is 1.93. The van der Waals surface area contributed by atoms with E-state index in [0.717, 1.165) is 0 Å². The lowest BCUT2D eigenvalue weighted by Crippen LogP contribution is -2.53. The Morgan fingerprint density at radius 1 is 1.17 bits per heavy atom. The fourth-order valence-corrected chi connectivity index (χ4v) is 3.68.